The number of amides is 2. The van der Waals surface area contributed by atoms with Crippen LogP contribution in [-0.2, 0) is 9.59 Å². The Balaban J connectivity index is 1.42. The van der Waals surface area contributed by atoms with Crippen LogP contribution in [0.5, 0.6) is 0 Å². The molecule has 1 saturated heterocycles. The van der Waals surface area contributed by atoms with E-state index in [2.05, 4.69) is 10.2 Å². The van der Waals surface area contributed by atoms with Gasteiger partial charge in [-0.15, -0.1) is 0 Å². The lowest BCUT2D eigenvalue weighted by Crippen LogP contribution is -2.51. The Morgan fingerprint density at radius 1 is 1.12 bits per heavy atom. The van der Waals surface area contributed by atoms with Crippen LogP contribution in [0.4, 0.5) is 15.8 Å². The minimum Gasteiger partial charge on any atom is -0.390 e. The molecule has 2 aromatic rings. The maximum Gasteiger partial charge on any atom is 0.238 e. The SMILES string of the molecule is O=CN(CC(O)CN1CCN(CC(=O)Nc2ccc(Cl)c(Cl)c2)CC1)c1ccccc1F. The average Bonchev–Trinajstić information content (AvgIpc) is 2.76. The molecule has 0 aromatic heterocycles. The fraction of sp³-hybridized carbons (Fsp3) is 0.364. The zero-order valence-electron chi connectivity index (χ0n) is 17.4. The van der Waals surface area contributed by atoms with Crippen molar-refractivity contribution < 1.29 is 19.1 Å². The highest BCUT2D eigenvalue weighted by atomic mass is 35.5. The van der Waals surface area contributed by atoms with Gasteiger partial charge < -0.3 is 15.3 Å². The number of carbonyl (C=O) groups is 2. The monoisotopic (exact) mass is 482 g/mol. The second-order valence-electron chi connectivity index (χ2n) is 7.62. The highest BCUT2D eigenvalue weighted by molar-refractivity contribution is 6.42. The van der Waals surface area contributed by atoms with Crippen molar-refractivity contribution in [3.8, 4) is 0 Å². The van der Waals surface area contributed by atoms with E-state index in [1.165, 1.54) is 17.0 Å². The van der Waals surface area contributed by atoms with Crippen LogP contribution in [-0.4, -0.2) is 79.1 Å². The first-order valence-electron chi connectivity index (χ1n) is 10.2. The lowest BCUT2D eigenvalue weighted by atomic mass is 10.2. The first kappa shape index (κ1) is 24.4. The molecule has 1 atom stereocenters. The number of para-hydroxylation sites is 1. The largest absolute Gasteiger partial charge is 0.390 e. The second-order valence-corrected chi connectivity index (χ2v) is 8.43. The summed E-state index contributed by atoms with van der Waals surface area (Å²) in [5, 5.41) is 14.0. The van der Waals surface area contributed by atoms with Gasteiger partial charge in [-0.1, -0.05) is 35.3 Å². The van der Waals surface area contributed by atoms with E-state index in [9.17, 15) is 19.1 Å². The fourth-order valence-electron chi connectivity index (χ4n) is 3.57. The van der Waals surface area contributed by atoms with E-state index < -0.39 is 11.9 Å². The van der Waals surface area contributed by atoms with Gasteiger partial charge in [0.15, 0.2) is 0 Å². The molecule has 1 aliphatic rings. The maximum atomic E-state index is 13.9. The lowest BCUT2D eigenvalue weighted by molar-refractivity contribution is -0.117. The number of benzene rings is 2. The lowest BCUT2D eigenvalue weighted by Gasteiger charge is -2.35. The van der Waals surface area contributed by atoms with Crippen LogP contribution < -0.4 is 10.2 Å². The molecule has 1 aliphatic heterocycles. The fourth-order valence-corrected chi connectivity index (χ4v) is 3.87. The highest BCUT2D eigenvalue weighted by Gasteiger charge is 2.22. The smallest absolute Gasteiger partial charge is 0.238 e. The van der Waals surface area contributed by atoms with Crippen LogP contribution >= 0.6 is 23.2 Å². The molecule has 2 amide bonds. The van der Waals surface area contributed by atoms with Crippen molar-refractivity contribution in [3.63, 3.8) is 0 Å². The van der Waals surface area contributed by atoms with Gasteiger partial charge in [-0.2, -0.15) is 0 Å². The topological polar surface area (TPSA) is 76.1 Å². The van der Waals surface area contributed by atoms with Crippen LogP contribution in [0.25, 0.3) is 0 Å². The number of nitrogens with one attached hydrogen (secondary N) is 1. The molecular weight excluding hydrogens is 458 g/mol. The predicted molar refractivity (Wildman–Crippen MR) is 124 cm³/mol. The zero-order chi connectivity index (χ0) is 23.1. The molecule has 0 saturated carbocycles. The first-order valence-corrected chi connectivity index (χ1v) is 11.0. The number of piperazine rings is 1. The number of β-amino-alcohol motifs (C(OH)–C–C–N with tert-alkyl or cyclic N) is 1. The third-order valence-corrected chi connectivity index (χ3v) is 5.94. The number of hydrogen-bond donors (Lipinski definition) is 2. The van der Waals surface area contributed by atoms with Crippen LogP contribution in [0.15, 0.2) is 42.5 Å². The van der Waals surface area contributed by atoms with E-state index in [4.69, 9.17) is 23.2 Å². The van der Waals surface area contributed by atoms with E-state index in [-0.39, 0.29) is 24.7 Å². The Kier molecular flexibility index (Phi) is 8.84. The number of halogens is 3. The van der Waals surface area contributed by atoms with E-state index in [1.54, 1.807) is 30.3 Å². The maximum absolute atomic E-state index is 13.9. The Hall–Kier alpha value is -2.23. The van der Waals surface area contributed by atoms with Crippen LogP contribution in [0.1, 0.15) is 0 Å². The van der Waals surface area contributed by atoms with Gasteiger partial charge in [-0.25, -0.2) is 4.39 Å². The summed E-state index contributed by atoms with van der Waals surface area (Å²) in [7, 11) is 0. The first-order chi connectivity index (χ1) is 15.4. The van der Waals surface area contributed by atoms with Gasteiger partial charge in [0.25, 0.3) is 0 Å². The summed E-state index contributed by atoms with van der Waals surface area (Å²) < 4.78 is 13.9. The number of carbonyl (C=O) groups excluding carboxylic acids is 2. The van der Waals surface area contributed by atoms with Crippen molar-refractivity contribution in [2.24, 2.45) is 0 Å². The van der Waals surface area contributed by atoms with Crippen molar-refractivity contribution >= 4 is 46.9 Å². The third-order valence-electron chi connectivity index (χ3n) is 5.20. The molecule has 7 nitrogen and oxygen atoms in total. The van der Waals surface area contributed by atoms with E-state index in [0.29, 0.717) is 54.9 Å². The molecule has 0 spiro atoms. The summed E-state index contributed by atoms with van der Waals surface area (Å²) in [6, 6.07) is 10.9. The van der Waals surface area contributed by atoms with Gasteiger partial charge >= 0.3 is 0 Å². The van der Waals surface area contributed by atoms with Gasteiger partial charge in [0.1, 0.15) is 5.82 Å². The van der Waals surface area contributed by atoms with Crippen LogP contribution in [0.3, 0.4) is 0 Å². The number of aliphatic hydroxyl groups is 1. The minimum absolute atomic E-state index is 0.00327. The number of hydrogen-bond acceptors (Lipinski definition) is 5. The summed E-state index contributed by atoms with van der Waals surface area (Å²) in [6.07, 6.45) is -0.309. The Labute approximate surface area is 196 Å². The molecule has 1 unspecified atom stereocenters. The summed E-state index contributed by atoms with van der Waals surface area (Å²) in [5.74, 6) is -0.664. The molecule has 2 aromatic carbocycles. The van der Waals surface area contributed by atoms with Crippen molar-refractivity contribution in [1.82, 2.24) is 9.80 Å². The molecule has 3 rings (SSSR count). The standard InChI is InChI=1S/C22H25Cl2FN4O3/c23-18-6-5-16(11-19(18)24)26-22(32)14-28-9-7-27(8-10-28)12-17(31)13-29(15-30)21-4-2-1-3-20(21)25/h1-6,11,15,17,31H,7-10,12-14H2,(H,26,32). The molecule has 10 heteroatoms. The molecule has 32 heavy (non-hydrogen) atoms. The average molecular weight is 483 g/mol. The number of nitrogens with zero attached hydrogens (tertiary/aromatic N) is 3. The molecule has 172 valence electrons. The predicted octanol–water partition coefficient (Wildman–Crippen LogP) is 2.71. The minimum atomic E-state index is -0.829. The molecular formula is C22H25Cl2FN4O3. The third kappa shape index (κ3) is 6.88. The second kappa shape index (κ2) is 11.6. The molecule has 0 bridgehead atoms. The van der Waals surface area contributed by atoms with E-state index in [0.717, 1.165) is 0 Å². The number of aliphatic hydroxyl groups excluding tert-OH is 1. The van der Waals surface area contributed by atoms with Crippen LogP contribution in [0, 0.1) is 5.82 Å². The summed E-state index contributed by atoms with van der Waals surface area (Å²) in [6.45, 7) is 3.23. The summed E-state index contributed by atoms with van der Waals surface area (Å²) in [4.78, 5) is 28.9. The van der Waals surface area contributed by atoms with Gasteiger partial charge in [0.05, 0.1) is 34.9 Å². The number of rotatable bonds is 9. The van der Waals surface area contributed by atoms with Crippen molar-refractivity contribution in [3.05, 3.63) is 58.3 Å². The Morgan fingerprint density at radius 3 is 2.47 bits per heavy atom. The van der Waals surface area contributed by atoms with E-state index >= 15 is 0 Å². The molecule has 0 aliphatic carbocycles. The van der Waals surface area contributed by atoms with Gasteiger partial charge in [-0.05, 0) is 30.3 Å². The van der Waals surface area contributed by atoms with Crippen LogP contribution in [0.2, 0.25) is 10.0 Å². The van der Waals surface area contributed by atoms with Gasteiger partial charge in [-0.3, -0.25) is 19.4 Å². The molecule has 0 radical (unpaired) electrons. The number of anilines is 2. The Morgan fingerprint density at radius 2 is 1.81 bits per heavy atom. The molecule has 1 fully saturated rings. The zero-order valence-corrected chi connectivity index (χ0v) is 18.9. The van der Waals surface area contributed by atoms with Crippen molar-refractivity contribution in [1.29, 1.82) is 0 Å². The normalized spacial score (nSPS) is 15.9. The summed E-state index contributed by atoms with van der Waals surface area (Å²) in [5.41, 5.74) is 0.722. The van der Waals surface area contributed by atoms with Crippen molar-refractivity contribution in [2.45, 2.75) is 6.10 Å². The summed E-state index contributed by atoms with van der Waals surface area (Å²) >= 11 is 11.9. The van der Waals surface area contributed by atoms with Gasteiger partial charge in [0.2, 0.25) is 12.3 Å². The van der Waals surface area contributed by atoms with Crippen molar-refractivity contribution in [2.75, 3.05) is 56.0 Å². The quantitative estimate of drug-likeness (QED) is 0.537. The van der Waals surface area contributed by atoms with Gasteiger partial charge in [0, 0.05) is 38.4 Å². The Bertz CT molecular complexity index is 941. The molecule has 2 N–H and O–H groups in total. The molecule has 1 heterocycles. The van der Waals surface area contributed by atoms with E-state index in [1.807, 2.05) is 4.90 Å². The highest BCUT2D eigenvalue weighted by Crippen LogP contribution is 2.25.